The lowest BCUT2D eigenvalue weighted by Crippen LogP contribution is -2.14. The Labute approximate surface area is 118 Å². The monoisotopic (exact) mass is 272 g/mol. The first-order chi connectivity index (χ1) is 9.56. The Morgan fingerprint density at radius 3 is 2.55 bits per heavy atom. The van der Waals surface area contributed by atoms with Crippen LogP contribution in [0.5, 0.6) is 0 Å². The molecule has 3 saturated carbocycles. The van der Waals surface area contributed by atoms with Gasteiger partial charge in [0.05, 0.1) is 5.56 Å². The standard InChI is InChI=1S/C16H20N2O2/c1-7-4-10(6-11(14(7)17)16(19)20)18-15-12-8-2-3-9(5-8)13(12)15/h4,6,8-9,12-13,15,18H,2-3,5,17H2,1H3,(H,19,20). The van der Waals surface area contributed by atoms with E-state index < -0.39 is 5.97 Å². The number of carboxylic acid groups (broad SMARTS) is 1. The number of rotatable bonds is 3. The molecule has 2 bridgehead atoms. The summed E-state index contributed by atoms with van der Waals surface area (Å²) >= 11 is 0. The van der Waals surface area contributed by atoms with E-state index in [2.05, 4.69) is 5.32 Å². The Kier molecular flexibility index (Phi) is 2.35. The molecular weight excluding hydrogens is 252 g/mol. The third kappa shape index (κ3) is 1.57. The molecule has 4 nitrogen and oxygen atoms in total. The van der Waals surface area contributed by atoms with Crippen molar-refractivity contribution in [3.63, 3.8) is 0 Å². The average Bonchev–Trinajstić information content (AvgIpc) is 2.81. The fraction of sp³-hybridized carbons (Fsp3) is 0.562. The zero-order valence-electron chi connectivity index (χ0n) is 11.6. The SMILES string of the molecule is Cc1cc(NC2C3C4CCC(C4)C23)cc(C(=O)O)c1N. The van der Waals surface area contributed by atoms with E-state index in [0.717, 1.165) is 34.9 Å². The van der Waals surface area contributed by atoms with Gasteiger partial charge in [0.25, 0.3) is 0 Å². The summed E-state index contributed by atoms with van der Waals surface area (Å²) in [6, 6.07) is 4.21. The maximum Gasteiger partial charge on any atom is 0.337 e. The highest BCUT2D eigenvalue weighted by molar-refractivity contribution is 5.95. The highest BCUT2D eigenvalue weighted by Crippen LogP contribution is 2.66. The summed E-state index contributed by atoms with van der Waals surface area (Å²) in [5, 5.41) is 12.8. The second kappa shape index (κ2) is 3.90. The summed E-state index contributed by atoms with van der Waals surface area (Å²) in [5.41, 5.74) is 8.16. The first-order valence-electron chi connectivity index (χ1n) is 7.46. The van der Waals surface area contributed by atoms with Crippen molar-refractivity contribution in [2.45, 2.75) is 32.2 Å². The van der Waals surface area contributed by atoms with Gasteiger partial charge in [-0.15, -0.1) is 0 Å². The number of carboxylic acids is 1. The van der Waals surface area contributed by atoms with Crippen LogP contribution in [0.2, 0.25) is 0 Å². The molecule has 106 valence electrons. The minimum atomic E-state index is -0.953. The van der Waals surface area contributed by atoms with E-state index in [9.17, 15) is 9.90 Å². The molecule has 3 aliphatic carbocycles. The zero-order valence-corrected chi connectivity index (χ0v) is 11.6. The molecule has 4 rings (SSSR count). The molecule has 4 heteroatoms. The van der Waals surface area contributed by atoms with Crippen LogP contribution >= 0.6 is 0 Å². The molecule has 4 unspecified atom stereocenters. The maximum atomic E-state index is 11.2. The van der Waals surface area contributed by atoms with E-state index in [0.29, 0.717) is 11.7 Å². The van der Waals surface area contributed by atoms with Gasteiger partial charge in [0.2, 0.25) is 0 Å². The average molecular weight is 272 g/mol. The molecule has 0 saturated heterocycles. The summed E-state index contributed by atoms with van der Waals surface area (Å²) in [5.74, 6) is 2.54. The summed E-state index contributed by atoms with van der Waals surface area (Å²) in [6.45, 7) is 1.87. The van der Waals surface area contributed by atoms with E-state index in [-0.39, 0.29) is 5.56 Å². The molecule has 0 aliphatic heterocycles. The van der Waals surface area contributed by atoms with E-state index in [1.54, 1.807) is 6.07 Å². The van der Waals surface area contributed by atoms with Gasteiger partial charge < -0.3 is 16.2 Å². The quantitative estimate of drug-likeness (QED) is 0.740. The molecule has 1 aromatic rings. The first kappa shape index (κ1) is 12.1. The van der Waals surface area contributed by atoms with Crippen LogP contribution in [0, 0.1) is 30.6 Å². The molecule has 20 heavy (non-hydrogen) atoms. The smallest absolute Gasteiger partial charge is 0.337 e. The number of benzene rings is 1. The minimum Gasteiger partial charge on any atom is -0.478 e. The minimum absolute atomic E-state index is 0.210. The van der Waals surface area contributed by atoms with Crippen molar-refractivity contribution in [2.24, 2.45) is 23.7 Å². The van der Waals surface area contributed by atoms with Crippen LogP contribution in [0.1, 0.15) is 35.2 Å². The number of carbonyl (C=O) groups is 1. The Balaban J connectivity index is 1.57. The van der Waals surface area contributed by atoms with Gasteiger partial charge in [-0.25, -0.2) is 4.79 Å². The van der Waals surface area contributed by atoms with Gasteiger partial charge in [-0.3, -0.25) is 0 Å². The number of hydrogen-bond acceptors (Lipinski definition) is 3. The third-order valence-electron chi connectivity index (χ3n) is 5.69. The summed E-state index contributed by atoms with van der Waals surface area (Å²) in [6.07, 6.45) is 4.21. The highest BCUT2D eigenvalue weighted by atomic mass is 16.4. The number of nitrogens with two attached hydrogens (primary N) is 1. The van der Waals surface area contributed by atoms with Gasteiger partial charge in [-0.05, 0) is 67.6 Å². The van der Waals surface area contributed by atoms with Crippen molar-refractivity contribution in [2.75, 3.05) is 11.1 Å². The summed E-state index contributed by atoms with van der Waals surface area (Å²) < 4.78 is 0. The van der Waals surface area contributed by atoms with Crippen LogP contribution in [0.15, 0.2) is 12.1 Å². The van der Waals surface area contributed by atoms with Gasteiger partial charge in [-0.1, -0.05) is 0 Å². The molecule has 1 aromatic carbocycles. The van der Waals surface area contributed by atoms with Crippen LogP contribution in [-0.4, -0.2) is 17.1 Å². The fourth-order valence-electron chi connectivity index (χ4n) is 4.77. The van der Waals surface area contributed by atoms with Crippen LogP contribution in [0.25, 0.3) is 0 Å². The third-order valence-corrected chi connectivity index (χ3v) is 5.69. The Hall–Kier alpha value is -1.71. The molecule has 3 aliphatic rings. The van der Waals surface area contributed by atoms with Crippen molar-refractivity contribution in [3.8, 4) is 0 Å². The topological polar surface area (TPSA) is 75.3 Å². The maximum absolute atomic E-state index is 11.2. The molecule has 0 heterocycles. The molecule has 0 aromatic heterocycles. The van der Waals surface area contributed by atoms with E-state index >= 15 is 0 Å². The van der Waals surface area contributed by atoms with Crippen molar-refractivity contribution in [1.29, 1.82) is 0 Å². The number of hydrogen-bond donors (Lipinski definition) is 3. The number of nitrogen functional groups attached to an aromatic ring is 1. The fourth-order valence-corrected chi connectivity index (χ4v) is 4.77. The molecule has 0 spiro atoms. The second-order valence-electron chi connectivity index (χ2n) is 6.72. The number of aromatic carboxylic acids is 1. The van der Waals surface area contributed by atoms with Gasteiger partial charge in [-0.2, -0.15) is 0 Å². The molecule has 4 atom stereocenters. The van der Waals surface area contributed by atoms with Gasteiger partial charge in [0.1, 0.15) is 0 Å². The van der Waals surface area contributed by atoms with Crippen molar-refractivity contribution >= 4 is 17.3 Å². The Morgan fingerprint density at radius 1 is 1.30 bits per heavy atom. The summed E-state index contributed by atoms with van der Waals surface area (Å²) in [7, 11) is 0. The van der Waals surface area contributed by atoms with Crippen molar-refractivity contribution in [3.05, 3.63) is 23.3 Å². The van der Waals surface area contributed by atoms with E-state index in [4.69, 9.17) is 5.73 Å². The number of fused-ring (bicyclic) bond motifs is 5. The predicted octanol–water partition coefficient (Wildman–Crippen LogP) is 2.73. The number of aryl methyl sites for hydroxylation is 1. The predicted molar refractivity (Wildman–Crippen MR) is 77.8 cm³/mol. The van der Waals surface area contributed by atoms with Crippen LogP contribution in [-0.2, 0) is 0 Å². The molecule has 4 N–H and O–H groups in total. The first-order valence-corrected chi connectivity index (χ1v) is 7.46. The lowest BCUT2D eigenvalue weighted by Gasteiger charge is -2.14. The Morgan fingerprint density at radius 2 is 1.95 bits per heavy atom. The zero-order chi connectivity index (χ0) is 14.0. The largest absolute Gasteiger partial charge is 0.478 e. The van der Waals surface area contributed by atoms with Crippen molar-refractivity contribution < 1.29 is 9.90 Å². The van der Waals surface area contributed by atoms with Gasteiger partial charge in [0, 0.05) is 17.4 Å². The Bertz CT molecular complexity index is 582. The number of anilines is 2. The number of nitrogens with one attached hydrogen (secondary N) is 1. The van der Waals surface area contributed by atoms with Gasteiger partial charge >= 0.3 is 5.97 Å². The van der Waals surface area contributed by atoms with Crippen LogP contribution in [0.3, 0.4) is 0 Å². The van der Waals surface area contributed by atoms with Crippen LogP contribution in [0.4, 0.5) is 11.4 Å². The second-order valence-corrected chi connectivity index (χ2v) is 6.72. The summed E-state index contributed by atoms with van der Waals surface area (Å²) in [4.78, 5) is 11.2. The van der Waals surface area contributed by atoms with Gasteiger partial charge in [0.15, 0.2) is 0 Å². The normalized spacial score (nSPS) is 36.8. The molecule has 3 fully saturated rings. The van der Waals surface area contributed by atoms with Crippen molar-refractivity contribution in [1.82, 2.24) is 0 Å². The van der Waals surface area contributed by atoms with E-state index in [1.807, 2.05) is 13.0 Å². The van der Waals surface area contributed by atoms with E-state index in [1.165, 1.54) is 19.3 Å². The van der Waals surface area contributed by atoms with Crippen LogP contribution < -0.4 is 11.1 Å². The molecule has 0 radical (unpaired) electrons. The molecular formula is C16H20N2O2. The lowest BCUT2D eigenvalue weighted by molar-refractivity contribution is 0.0698. The lowest BCUT2D eigenvalue weighted by atomic mass is 10.0. The molecule has 0 amide bonds. The highest BCUT2D eigenvalue weighted by Gasteiger charge is 2.64.